The third kappa shape index (κ3) is 9.10. The van der Waals surface area contributed by atoms with E-state index in [-0.39, 0.29) is 24.2 Å². The number of carbonyl (C=O) groups excluding carboxylic acids is 1. The minimum absolute atomic E-state index is 0.0844. The second kappa shape index (κ2) is 16.2. The lowest BCUT2D eigenvalue weighted by Crippen LogP contribution is -2.49. The summed E-state index contributed by atoms with van der Waals surface area (Å²) >= 11 is 5.90. The van der Waals surface area contributed by atoms with Gasteiger partial charge in [-0.05, 0) is 68.8 Å². The number of carbonyl (C=O) groups is 1. The number of hydrogen-bond acceptors (Lipinski definition) is 8. The quantitative estimate of drug-likeness (QED) is 0.201. The number of amides is 1. The molecule has 0 spiro atoms. The van der Waals surface area contributed by atoms with Gasteiger partial charge < -0.3 is 19.1 Å². The van der Waals surface area contributed by atoms with Crippen LogP contribution in [0.3, 0.4) is 0 Å². The zero-order chi connectivity index (χ0) is 33.3. The lowest BCUT2D eigenvalue weighted by Gasteiger charge is -2.34. The first kappa shape index (κ1) is 34.4. The maximum atomic E-state index is 14.1. The van der Waals surface area contributed by atoms with Crippen LogP contribution < -0.4 is 10.3 Å². The van der Waals surface area contributed by atoms with Gasteiger partial charge in [-0.1, -0.05) is 36.4 Å². The molecule has 2 aromatic carbocycles. The Kier molecular flexibility index (Phi) is 11.9. The van der Waals surface area contributed by atoms with Gasteiger partial charge in [0.05, 0.1) is 42.5 Å². The second-order valence-corrected chi connectivity index (χ2v) is 12.6. The van der Waals surface area contributed by atoms with E-state index < -0.39 is 0 Å². The molecule has 47 heavy (non-hydrogen) atoms. The van der Waals surface area contributed by atoms with Crippen molar-refractivity contribution in [1.82, 2.24) is 24.3 Å². The Morgan fingerprint density at radius 2 is 1.74 bits per heavy atom. The molecule has 3 aromatic rings. The molecule has 1 aromatic heterocycles. The summed E-state index contributed by atoms with van der Waals surface area (Å²) in [6, 6.07) is 13.5. The van der Waals surface area contributed by atoms with Gasteiger partial charge in [0.25, 0.3) is 11.5 Å². The minimum Gasteiger partial charge on any atom is -0.489 e. The van der Waals surface area contributed by atoms with E-state index in [0.717, 1.165) is 38.4 Å². The van der Waals surface area contributed by atoms with Crippen molar-refractivity contribution >= 4 is 28.4 Å². The molecule has 0 saturated carbocycles. The van der Waals surface area contributed by atoms with E-state index in [2.05, 4.69) is 22.4 Å². The molecule has 5 rings (SSSR count). The first-order chi connectivity index (χ1) is 22.7. The maximum absolute atomic E-state index is 14.1. The Balaban J connectivity index is 1.37. The molecule has 1 amide bonds. The average Bonchev–Trinajstić information content (AvgIpc) is 3.06. The summed E-state index contributed by atoms with van der Waals surface area (Å²) < 4.78 is 19.2. The van der Waals surface area contributed by atoms with Crippen LogP contribution in [0.4, 0.5) is 0 Å². The number of benzene rings is 2. The van der Waals surface area contributed by atoms with Gasteiger partial charge in [0.15, 0.2) is 6.61 Å². The highest BCUT2D eigenvalue weighted by molar-refractivity contribution is 6.29. The van der Waals surface area contributed by atoms with Crippen LogP contribution in [0.25, 0.3) is 16.6 Å². The summed E-state index contributed by atoms with van der Waals surface area (Å²) in [4.78, 5) is 38.4. The SMILES string of the molecule is C=C/C(=C\C=C(/C)Cl)OCC(=O)N1CCN(Cc2nc3ccccc3c(=O)n2-c2ccc(CN3CCOCC3)cc2OC(C)C)CC1. The zero-order valence-corrected chi connectivity index (χ0v) is 28.2. The minimum atomic E-state index is -0.142. The fourth-order valence-electron chi connectivity index (χ4n) is 5.70. The molecular weight excluding hydrogens is 618 g/mol. The van der Waals surface area contributed by atoms with E-state index in [0.29, 0.717) is 71.7 Å². The predicted octanol–water partition coefficient (Wildman–Crippen LogP) is 4.88. The van der Waals surface area contributed by atoms with Gasteiger partial charge in [0.1, 0.15) is 17.3 Å². The van der Waals surface area contributed by atoms with Gasteiger partial charge in [-0.15, -0.1) is 0 Å². The number of piperazine rings is 1. The molecule has 2 aliphatic heterocycles. The van der Waals surface area contributed by atoms with Gasteiger partial charge in [-0.25, -0.2) is 4.98 Å². The van der Waals surface area contributed by atoms with E-state index in [4.69, 9.17) is 30.8 Å². The molecule has 2 saturated heterocycles. The van der Waals surface area contributed by atoms with Crippen LogP contribution in [0.5, 0.6) is 5.75 Å². The Hall–Kier alpha value is -3.96. The Morgan fingerprint density at radius 1 is 1.02 bits per heavy atom. The van der Waals surface area contributed by atoms with Crippen molar-refractivity contribution in [3.63, 3.8) is 0 Å². The van der Waals surface area contributed by atoms with Crippen LogP contribution >= 0.6 is 11.6 Å². The molecule has 2 fully saturated rings. The smallest absolute Gasteiger partial charge is 0.266 e. The van der Waals surface area contributed by atoms with Crippen molar-refractivity contribution in [1.29, 1.82) is 0 Å². The second-order valence-electron chi connectivity index (χ2n) is 12.0. The van der Waals surface area contributed by atoms with E-state index in [1.165, 1.54) is 0 Å². The molecule has 3 heterocycles. The lowest BCUT2D eigenvalue weighted by molar-refractivity contribution is -0.136. The highest BCUT2D eigenvalue weighted by Gasteiger charge is 2.25. The molecule has 2 aliphatic rings. The lowest BCUT2D eigenvalue weighted by atomic mass is 10.1. The first-order valence-corrected chi connectivity index (χ1v) is 16.5. The monoisotopic (exact) mass is 661 g/mol. The Morgan fingerprint density at radius 3 is 2.45 bits per heavy atom. The van der Waals surface area contributed by atoms with Crippen LogP contribution in [-0.4, -0.2) is 95.4 Å². The Labute approximate surface area is 281 Å². The average molecular weight is 662 g/mol. The number of rotatable bonds is 12. The van der Waals surface area contributed by atoms with E-state index in [9.17, 15) is 9.59 Å². The summed E-state index contributed by atoms with van der Waals surface area (Å²) in [5.41, 5.74) is 2.28. The molecule has 0 aliphatic carbocycles. The van der Waals surface area contributed by atoms with Crippen LogP contribution in [0.2, 0.25) is 0 Å². The topological polar surface area (TPSA) is 89.4 Å². The van der Waals surface area contributed by atoms with Crippen molar-refractivity contribution in [3.8, 4) is 11.4 Å². The molecule has 250 valence electrons. The summed E-state index contributed by atoms with van der Waals surface area (Å²) in [5, 5.41) is 1.15. The van der Waals surface area contributed by atoms with Crippen LogP contribution in [0, 0.1) is 0 Å². The molecule has 0 unspecified atom stereocenters. The van der Waals surface area contributed by atoms with Crippen molar-refractivity contribution in [2.45, 2.75) is 40.0 Å². The molecular formula is C36H44ClN5O5. The number of morpholine rings is 1. The molecule has 0 radical (unpaired) electrons. The summed E-state index contributed by atoms with van der Waals surface area (Å²) in [6.07, 6.45) is 4.84. The third-order valence-electron chi connectivity index (χ3n) is 8.11. The van der Waals surface area contributed by atoms with Crippen molar-refractivity contribution in [2.75, 3.05) is 59.1 Å². The largest absolute Gasteiger partial charge is 0.489 e. The number of allylic oxidation sites excluding steroid dienone is 4. The predicted molar refractivity (Wildman–Crippen MR) is 185 cm³/mol. The summed E-state index contributed by atoms with van der Waals surface area (Å²) in [5.74, 6) is 1.64. The molecule has 0 N–H and O–H groups in total. The van der Waals surface area contributed by atoms with Crippen LogP contribution in [-0.2, 0) is 27.4 Å². The van der Waals surface area contributed by atoms with Crippen molar-refractivity contribution < 1.29 is 19.0 Å². The fraction of sp³-hybridized carbons (Fsp3) is 0.417. The number of ether oxygens (including phenoxy) is 3. The van der Waals surface area contributed by atoms with E-state index in [1.807, 2.05) is 50.2 Å². The summed E-state index contributed by atoms with van der Waals surface area (Å²) in [6.45, 7) is 16.1. The van der Waals surface area contributed by atoms with Gasteiger partial charge in [-0.3, -0.25) is 24.0 Å². The number of nitrogens with zero attached hydrogens (tertiary/aromatic N) is 5. The molecule has 10 nitrogen and oxygen atoms in total. The standard InChI is InChI=1S/C36H44ClN5O5/c1-5-29(12-10-27(4)37)46-25-35(43)41-16-14-39(15-17-41)24-34-38-31-9-7-6-8-30(31)36(44)42(34)32-13-11-28(22-33(32)47-26(2)3)23-40-18-20-45-21-19-40/h5-13,22,26H,1,14-21,23-25H2,2-4H3/b27-10+,29-12+. The van der Waals surface area contributed by atoms with E-state index >= 15 is 0 Å². The molecule has 0 bridgehead atoms. The van der Waals surface area contributed by atoms with Gasteiger partial charge in [-0.2, -0.15) is 0 Å². The highest BCUT2D eigenvalue weighted by Crippen LogP contribution is 2.28. The van der Waals surface area contributed by atoms with Gasteiger partial charge >= 0.3 is 0 Å². The third-order valence-corrected chi connectivity index (χ3v) is 8.24. The number of fused-ring (bicyclic) bond motifs is 1. The molecule has 11 heteroatoms. The number of aromatic nitrogens is 2. The Bertz CT molecular complexity index is 1680. The normalized spacial score (nSPS) is 16.9. The molecule has 0 atom stereocenters. The number of hydrogen-bond donors (Lipinski definition) is 0. The zero-order valence-electron chi connectivity index (χ0n) is 27.5. The van der Waals surface area contributed by atoms with E-state index in [1.54, 1.807) is 34.6 Å². The fourth-order valence-corrected chi connectivity index (χ4v) is 5.77. The van der Waals surface area contributed by atoms with Crippen LogP contribution in [0.15, 0.2) is 82.9 Å². The highest BCUT2D eigenvalue weighted by atomic mass is 35.5. The number of halogens is 1. The number of para-hydroxylation sites is 1. The van der Waals surface area contributed by atoms with Crippen LogP contribution in [0.1, 0.15) is 32.2 Å². The maximum Gasteiger partial charge on any atom is 0.266 e. The van der Waals surface area contributed by atoms with Gasteiger partial charge in [0.2, 0.25) is 0 Å². The summed E-state index contributed by atoms with van der Waals surface area (Å²) in [7, 11) is 0. The van der Waals surface area contributed by atoms with Crippen molar-refractivity contribution in [3.05, 3.63) is 99.8 Å². The van der Waals surface area contributed by atoms with Crippen molar-refractivity contribution in [2.24, 2.45) is 0 Å². The van der Waals surface area contributed by atoms with Gasteiger partial charge in [0, 0.05) is 50.8 Å². The first-order valence-electron chi connectivity index (χ1n) is 16.1.